The Balaban J connectivity index is 0.00000256. The molecule has 0 aliphatic heterocycles. The Kier molecular flexibility index (Phi) is 6.77. The van der Waals surface area contributed by atoms with Crippen LogP contribution in [-0.4, -0.2) is 19.0 Å². The average molecular weight is 257 g/mol. The number of hydrogen-bond donors (Lipinski definition) is 4. The molecule has 1 amide bonds. The van der Waals surface area contributed by atoms with E-state index in [4.69, 9.17) is 17.2 Å². The van der Waals surface area contributed by atoms with E-state index < -0.39 is 0 Å². The van der Waals surface area contributed by atoms with Gasteiger partial charge in [-0.25, -0.2) is 0 Å². The second kappa shape index (κ2) is 7.54. The minimum absolute atomic E-state index is 0. The molecule has 7 N–H and O–H groups in total. The number of benzene rings is 1. The van der Waals surface area contributed by atoms with E-state index in [0.717, 1.165) is 5.56 Å². The summed E-state index contributed by atoms with van der Waals surface area (Å²) < 4.78 is 0. The minimum atomic E-state index is -0.202. The summed E-state index contributed by atoms with van der Waals surface area (Å²) in [6.45, 7) is 0.871. The molecule has 5 nitrogen and oxygen atoms in total. The molecule has 0 heterocycles. The molecule has 17 heavy (non-hydrogen) atoms. The molecule has 0 aliphatic rings. The van der Waals surface area contributed by atoms with Gasteiger partial charge in [0.05, 0.1) is 0 Å². The van der Waals surface area contributed by atoms with Crippen LogP contribution in [0, 0.1) is 0 Å². The van der Waals surface area contributed by atoms with Gasteiger partial charge >= 0.3 is 0 Å². The number of nitrogen functional groups attached to an aromatic ring is 2. The third-order valence-corrected chi connectivity index (χ3v) is 1.97. The number of hydrogen-bond acceptors (Lipinski definition) is 4. The predicted octanol–water partition coefficient (Wildman–Crippen LogP) is 0.361. The van der Waals surface area contributed by atoms with E-state index in [1.807, 2.05) is 0 Å². The monoisotopic (exact) mass is 256 g/mol. The quantitative estimate of drug-likeness (QED) is 0.461. The van der Waals surface area contributed by atoms with E-state index in [-0.39, 0.29) is 18.3 Å². The Hall–Kier alpha value is -1.72. The molecule has 0 aromatic heterocycles. The summed E-state index contributed by atoms with van der Waals surface area (Å²) in [5.74, 6) is -0.202. The molecule has 1 aromatic rings. The van der Waals surface area contributed by atoms with E-state index in [9.17, 15) is 4.79 Å². The molecule has 0 saturated carbocycles. The Morgan fingerprint density at radius 3 is 2.71 bits per heavy atom. The molecule has 0 atom stereocenters. The van der Waals surface area contributed by atoms with Gasteiger partial charge in [-0.1, -0.05) is 0 Å². The Labute approximate surface area is 106 Å². The van der Waals surface area contributed by atoms with Crippen molar-refractivity contribution in [3.8, 4) is 0 Å². The zero-order valence-corrected chi connectivity index (χ0v) is 10.2. The van der Waals surface area contributed by atoms with Crippen molar-refractivity contribution in [2.75, 3.05) is 24.6 Å². The van der Waals surface area contributed by atoms with Crippen molar-refractivity contribution in [2.45, 2.75) is 0 Å². The summed E-state index contributed by atoms with van der Waals surface area (Å²) in [4.78, 5) is 11.2. The van der Waals surface area contributed by atoms with Gasteiger partial charge in [-0.15, -0.1) is 12.4 Å². The maximum atomic E-state index is 11.2. The topological polar surface area (TPSA) is 107 Å². The molecule has 94 valence electrons. The van der Waals surface area contributed by atoms with E-state index in [1.54, 1.807) is 24.3 Å². The third kappa shape index (κ3) is 5.24. The van der Waals surface area contributed by atoms with Gasteiger partial charge in [-0.3, -0.25) is 4.79 Å². The van der Waals surface area contributed by atoms with Gasteiger partial charge in [0, 0.05) is 30.5 Å². The van der Waals surface area contributed by atoms with Crippen molar-refractivity contribution in [3.05, 3.63) is 29.8 Å². The lowest BCUT2D eigenvalue weighted by Crippen LogP contribution is -2.27. The van der Waals surface area contributed by atoms with Gasteiger partial charge in [0.2, 0.25) is 5.91 Å². The molecule has 0 aliphatic carbocycles. The molecule has 1 rings (SSSR count). The maximum Gasteiger partial charge on any atom is 0.244 e. The molecular formula is C11H17ClN4O. The first-order valence-electron chi connectivity index (χ1n) is 4.94. The van der Waals surface area contributed by atoms with Gasteiger partial charge in [0.25, 0.3) is 0 Å². The van der Waals surface area contributed by atoms with Gasteiger partial charge < -0.3 is 22.5 Å². The van der Waals surface area contributed by atoms with E-state index in [1.165, 1.54) is 6.08 Å². The van der Waals surface area contributed by atoms with Gasteiger partial charge in [-0.2, -0.15) is 0 Å². The van der Waals surface area contributed by atoms with E-state index >= 15 is 0 Å². The summed E-state index contributed by atoms with van der Waals surface area (Å²) in [5, 5.41) is 2.61. The van der Waals surface area contributed by atoms with Crippen molar-refractivity contribution in [1.82, 2.24) is 5.32 Å². The lowest BCUT2D eigenvalue weighted by Gasteiger charge is -2.02. The summed E-state index contributed by atoms with van der Waals surface area (Å²) in [6, 6.07) is 5.12. The molecule has 0 spiro atoms. The third-order valence-electron chi connectivity index (χ3n) is 1.97. The first kappa shape index (κ1) is 15.3. The van der Waals surface area contributed by atoms with Crippen molar-refractivity contribution in [1.29, 1.82) is 0 Å². The highest BCUT2D eigenvalue weighted by Gasteiger charge is 1.97. The SMILES string of the molecule is Cl.NCCNC(=O)C=Cc1cc(N)ccc1N. The molecule has 6 heteroatoms. The van der Waals surface area contributed by atoms with E-state index in [0.29, 0.717) is 24.5 Å². The van der Waals surface area contributed by atoms with Crippen molar-refractivity contribution in [3.63, 3.8) is 0 Å². The van der Waals surface area contributed by atoms with Crippen LogP contribution in [0.4, 0.5) is 11.4 Å². The van der Waals surface area contributed by atoms with Crippen LogP contribution in [0.2, 0.25) is 0 Å². The summed E-state index contributed by atoms with van der Waals surface area (Å²) in [5.41, 5.74) is 18.5. The van der Waals surface area contributed by atoms with Crippen LogP contribution in [0.1, 0.15) is 5.56 Å². The molecule has 0 radical (unpaired) electrons. The largest absolute Gasteiger partial charge is 0.399 e. The number of halogens is 1. The standard InChI is InChI=1S/C11H16N4O.ClH/c12-5-6-15-11(16)4-1-8-7-9(13)2-3-10(8)14;/h1-4,7H,5-6,12-14H2,(H,15,16);1H. The second-order valence-corrected chi connectivity index (χ2v) is 3.30. The van der Waals surface area contributed by atoms with Crippen LogP contribution in [0.25, 0.3) is 6.08 Å². The fourth-order valence-corrected chi connectivity index (χ4v) is 1.16. The zero-order chi connectivity index (χ0) is 12.0. The summed E-state index contributed by atoms with van der Waals surface area (Å²) >= 11 is 0. The van der Waals surface area contributed by atoms with Crippen LogP contribution in [0.15, 0.2) is 24.3 Å². The summed E-state index contributed by atoms with van der Waals surface area (Å²) in [6.07, 6.45) is 3.03. The number of carbonyl (C=O) groups excluding carboxylic acids is 1. The fraction of sp³-hybridized carbons (Fsp3) is 0.182. The second-order valence-electron chi connectivity index (χ2n) is 3.30. The number of amides is 1. The Morgan fingerprint density at radius 1 is 1.35 bits per heavy atom. The van der Waals surface area contributed by atoms with Crippen LogP contribution in [0.3, 0.4) is 0 Å². The maximum absolute atomic E-state index is 11.2. The molecular weight excluding hydrogens is 240 g/mol. The number of carbonyl (C=O) groups is 1. The first-order valence-corrected chi connectivity index (χ1v) is 4.94. The highest BCUT2D eigenvalue weighted by Crippen LogP contribution is 2.16. The molecule has 0 unspecified atom stereocenters. The fourth-order valence-electron chi connectivity index (χ4n) is 1.16. The van der Waals surface area contributed by atoms with E-state index in [2.05, 4.69) is 5.32 Å². The molecule has 0 bridgehead atoms. The smallest absolute Gasteiger partial charge is 0.244 e. The van der Waals surface area contributed by atoms with Gasteiger partial charge in [0.15, 0.2) is 0 Å². The highest BCUT2D eigenvalue weighted by atomic mass is 35.5. The molecule has 1 aromatic carbocycles. The van der Waals surface area contributed by atoms with Crippen LogP contribution in [-0.2, 0) is 4.79 Å². The minimum Gasteiger partial charge on any atom is -0.399 e. The Bertz CT molecular complexity index is 406. The van der Waals surface area contributed by atoms with Gasteiger partial charge in [0.1, 0.15) is 0 Å². The number of anilines is 2. The van der Waals surface area contributed by atoms with Gasteiger partial charge in [-0.05, 0) is 29.8 Å². The normalized spacial score (nSPS) is 9.94. The predicted molar refractivity (Wildman–Crippen MR) is 73.6 cm³/mol. The van der Waals surface area contributed by atoms with Crippen molar-refractivity contribution in [2.24, 2.45) is 5.73 Å². The van der Waals surface area contributed by atoms with Crippen LogP contribution in [0.5, 0.6) is 0 Å². The highest BCUT2D eigenvalue weighted by molar-refractivity contribution is 5.92. The van der Waals surface area contributed by atoms with Crippen molar-refractivity contribution < 1.29 is 4.79 Å². The summed E-state index contributed by atoms with van der Waals surface area (Å²) in [7, 11) is 0. The zero-order valence-electron chi connectivity index (χ0n) is 9.35. The first-order chi connectivity index (χ1) is 7.63. The lowest BCUT2D eigenvalue weighted by atomic mass is 10.1. The number of rotatable bonds is 4. The van der Waals surface area contributed by atoms with Crippen molar-refractivity contribution >= 4 is 35.8 Å². The van der Waals surface area contributed by atoms with Crippen LogP contribution < -0.4 is 22.5 Å². The Morgan fingerprint density at radius 2 is 2.06 bits per heavy atom. The lowest BCUT2D eigenvalue weighted by molar-refractivity contribution is -0.116. The van der Waals surface area contributed by atoms with Crippen LogP contribution >= 0.6 is 12.4 Å². The number of nitrogens with one attached hydrogen (secondary N) is 1. The number of nitrogens with two attached hydrogens (primary N) is 3. The molecule has 0 saturated heterocycles. The average Bonchev–Trinajstić information content (AvgIpc) is 2.27. The molecule has 0 fully saturated rings.